The topological polar surface area (TPSA) is 80.9 Å². The minimum absolute atomic E-state index is 0.0326. The van der Waals surface area contributed by atoms with Crippen molar-refractivity contribution in [3.8, 4) is 11.3 Å². The molecule has 0 saturated carbocycles. The number of nitrogens with zero attached hydrogens (tertiary/aromatic N) is 3. The first kappa shape index (κ1) is 16.7. The number of thioether (sulfide) groups is 1. The number of amides is 1. The zero-order valence-corrected chi connectivity index (χ0v) is 14.9. The van der Waals surface area contributed by atoms with Gasteiger partial charge in [0.1, 0.15) is 11.5 Å². The van der Waals surface area contributed by atoms with E-state index in [-0.39, 0.29) is 5.91 Å². The quantitative estimate of drug-likeness (QED) is 0.722. The number of carbonyl (C=O) groups excluding carboxylic acids is 1. The minimum Gasteiger partial charge on any atom is -0.361 e. The Morgan fingerprint density at radius 1 is 1.29 bits per heavy atom. The van der Waals surface area contributed by atoms with Gasteiger partial charge in [-0.25, -0.2) is 0 Å². The predicted octanol–water partition coefficient (Wildman–Crippen LogP) is 3.68. The second-order valence-corrected chi connectivity index (χ2v) is 6.81. The van der Waals surface area contributed by atoms with Crippen molar-refractivity contribution in [2.75, 3.05) is 11.1 Å². The normalized spacial score (nSPS) is 10.8. The van der Waals surface area contributed by atoms with Crippen molar-refractivity contribution in [2.24, 2.45) is 0 Å². The van der Waals surface area contributed by atoms with Gasteiger partial charge < -0.3 is 9.84 Å². The van der Waals surface area contributed by atoms with Crippen molar-refractivity contribution in [2.45, 2.75) is 19.6 Å². The average Bonchev–Trinajstić information content (AvgIpc) is 3.21. The van der Waals surface area contributed by atoms with Crippen molar-refractivity contribution in [1.29, 1.82) is 0 Å². The molecule has 0 radical (unpaired) electrons. The van der Waals surface area contributed by atoms with Crippen LogP contribution in [0, 0.1) is 13.8 Å². The zero-order valence-electron chi connectivity index (χ0n) is 13.3. The Morgan fingerprint density at radius 3 is 2.71 bits per heavy atom. The van der Waals surface area contributed by atoms with Gasteiger partial charge in [0.2, 0.25) is 5.91 Å². The van der Waals surface area contributed by atoms with Crippen LogP contribution in [0.25, 0.3) is 11.3 Å². The van der Waals surface area contributed by atoms with Gasteiger partial charge in [-0.3, -0.25) is 4.79 Å². The van der Waals surface area contributed by atoms with Crippen LogP contribution < -0.4 is 5.32 Å². The van der Waals surface area contributed by atoms with Crippen LogP contribution in [0.3, 0.4) is 0 Å². The van der Waals surface area contributed by atoms with E-state index in [1.54, 1.807) is 0 Å². The molecule has 124 valence electrons. The van der Waals surface area contributed by atoms with E-state index in [1.807, 2.05) is 43.5 Å². The molecule has 24 heavy (non-hydrogen) atoms. The summed E-state index contributed by atoms with van der Waals surface area (Å²) < 4.78 is 8.96. The van der Waals surface area contributed by atoms with Gasteiger partial charge in [0.15, 0.2) is 0 Å². The highest BCUT2D eigenvalue weighted by Gasteiger charge is 2.10. The number of anilines is 1. The maximum Gasteiger partial charge on any atom is 0.234 e. The van der Waals surface area contributed by atoms with E-state index in [0.29, 0.717) is 11.5 Å². The SMILES string of the molecule is Cc1noc(C)c1CSCC(=O)Nc1ccc(-c2csnn2)cc1. The first-order valence-corrected chi connectivity index (χ1v) is 9.29. The smallest absolute Gasteiger partial charge is 0.234 e. The highest BCUT2D eigenvalue weighted by atomic mass is 32.2. The maximum atomic E-state index is 12.0. The Morgan fingerprint density at radius 2 is 2.08 bits per heavy atom. The third-order valence-electron chi connectivity index (χ3n) is 3.49. The lowest BCUT2D eigenvalue weighted by Gasteiger charge is -2.06. The minimum atomic E-state index is -0.0326. The number of aromatic nitrogens is 3. The van der Waals surface area contributed by atoms with Crippen molar-refractivity contribution in [1.82, 2.24) is 14.7 Å². The van der Waals surface area contributed by atoms with E-state index in [1.165, 1.54) is 23.3 Å². The standard InChI is InChI=1S/C16H16N4O2S2/c1-10-14(11(2)22-19-10)7-23-9-16(21)17-13-5-3-12(4-6-13)15-8-24-20-18-15/h3-6,8H,7,9H2,1-2H3,(H,17,21). The Bertz CT molecular complexity index is 794. The average molecular weight is 360 g/mol. The molecule has 1 N–H and O–H groups in total. The number of benzene rings is 1. The summed E-state index contributed by atoms with van der Waals surface area (Å²) in [6.45, 7) is 3.79. The molecule has 0 aliphatic rings. The Balaban J connectivity index is 1.50. The van der Waals surface area contributed by atoms with E-state index in [0.717, 1.165) is 34.0 Å². The van der Waals surface area contributed by atoms with Crippen molar-refractivity contribution < 1.29 is 9.32 Å². The molecule has 1 amide bonds. The summed E-state index contributed by atoms with van der Waals surface area (Å²) in [5, 5.41) is 12.7. The lowest BCUT2D eigenvalue weighted by molar-refractivity contribution is -0.113. The first-order chi connectivity index (χ1) is 11.6. The number of hydrogen-bond acceptors (Lipinski definition) is 7. The molecule has 8 heteroatoms. The Kier molecular flexibility index (Phi) is 5.27. The van der Waals surface area contributed by atoms with Crippen LogP contribution in [-0.4, -0.2) is 26.4 Å². The van der Waals surface area contributed by atoms with E-state index < -0.39 is 0 Å². The monoisotopic (exact) mass is 360 g/mol. The molecule has 0 spiro atoms. The molecule has 2 heterocycles. The molecule has 6 nitrogen and oxygen atoms in total. The molecule has 0 bridgehead atoms. The fourth-order valence-corrected chi connectivity index (χ4v) is 3.61. The number of carbonyl (C=O) groups is 1. The Hall–Kier alpha value is -2.19. The van der Waals surface area contributed by atoms with Crippen molar-refractivity contribution in [3.05, 3.63) is 46.7 Å². The van der Waals surface area contributed by atoms with Crippen molar-refractivity contribution >= 4 is 34.9 Å². The fraction of sp³-hybridized carbons (Fsp3) is 0.250. The highest BCUT2D eigenvalue weighted by molar-refractivity contribution is 7.99. The summed E-state index contributed by atoms with van der Waals surface area (Å²) in [4.78, 5) is 12.0. The van der Waals surface area contributed by atoms with Crippen molar-refractivity contribution in [3.63, 3.8) is 0 Å². The van der Waals surface area contributed by atoms with Gasteiger partial charge >= 0.3 is 0 Å². The zero-order chi connectivity index (χ0) is 16.9. The molecule has 3 rings (SSSR count). The van der Waals surface area contributed by atoms with E-state index in [9.17, 15) is 4.79 Å². The molecule has 1 aromatic carbocycles. The van der Waals surface area contributed by atoms with Gasteiger partial charge in [-0.2, -0.15) is 0 Å². The number of hydrogen-bond donors (Lipinski definition) is 1. The Labute approximate surface area is 147 Å². The summed E-state index contributed by atoms with van der Waals surface area (Å²) in [6.07, 6.45) is 0. The highest BCUT2D eigenvalue weighted by Crippen LogP contribution is 2.21. The lowest BCUT2D eigenvalue weighted by atomic mass is 10.1. The van der Waals surface area contributed by atoms with Crippen LogP contribution in [0.1, 0.15) is 17.0 Å². The third kappa shape index (κ3) is 4.01. The van der Waals surface area contributed by atoms with Crippen LogP contribution in [0.5, 0.6) is 0 Å². The molecule has 0 atom stereocenters. The van der Waals surface area contributed by atoms with Gasteiger partial charge in [-0.15, -0.1) is 16.9 Å². The van der Waals surface area contributed by atoms with Gasteiger partial charge in [0.25, 0.3) is 0 Å². The summed E-state index contributed by atoms with van der Waals surface area (Å²) >= 11 is 2.85. The van der Waals surface area contributed by atoms with Gasteiger partial charge in [-0.1, -0.05) is 21.8 Å². The molecule has 0 aliphatic carbocycles. The summed E-state index contributed by atoms with van der Waals surface area (Å²) in [5.41, 5.74) is 4.54. The second-order valence-electron chi connectivity index (χ2n) is 5.21. The van der Waals surface area contributed by atoms with Gasteiger partial charge in [0.05, 0.1) is 11.4 Å². The summed E-state index contributed by atoms with van der Waals surface area (Å²) in [6, 6.07) is 7.57. The molecular formula is C16H16N4O2S2. The molecule has 0 fully saturated rings. The molecule has 0 saturated heterocycles. The van der Waals surface area contributed by atoms with Crippen LogP contribution >= 0.6 is 23.3 Å². The largest absolute Gasteiger partial charge is 0.361 e. The molecule has 2 aromatic heterocycles. The summed E-state index contributed by atoms with van der Waals surface area (Å²) in [5.74, 6) is 1.87. The van der Waals surface area contributed by atoms with E-state index >= 15 is 0 Å². The lowest BCUT2D eigenvalue weighted by Crippen LogP contribution is -2.14. The molecule has 3 aromatic rings. The number of aryl methyl sites for hydroxylation is 2. The fourth-order valence-electron chi connectivity index (χ4n) is 2.17. The predicted molar refractivity (Wildman–Crippen MR) is 96.1 cm³/mol. The van der Waals surface area contributed by atoms with Crippen LogP contribution in [0.4, 0.5) is 5.69 Å². The molecule has 0 unspecified atom stereocenters. The van der Waals surface area contributed by atoms with Gasteiger partial charge in [0, 0.05) is 27.9 Å². The number of nitrogens with one attached hydrogen (secondary N) is 1. The van der Waals surface area contributed by atoms with Gasteiger partial charge in [-0.05, 0) is 37.5 Å². The van der Waals surface area contributed by atoms with E-state index in [2.05, 4.69) is 20.1 Å². The summed E-state index contributed by atoms with van der Waals surface area (Å²) in [7, 11) is 0. The molecular weight excluding hydrogens is 344 g/mol. The van der Waals surface area contributed by atoms with Crippen LogP contribution in [0.15, 0.2) is 34.2 Å². The third-order valence-corrected chi connectivity index (χ3v) is 4.95. The van der Waals surface area contributed by atoms with Crippen LogP contribution in [0.2, 0.25) is 0 Å². The van der Waals surface area contributed by atoms with Crippen LogP contribution in [-0.2, 0) is 10.5 Å². The first-order valence-electron chi connectivity index (χ1n) is 7.30. The second kappa shape index (κ2) is 7.59. The number of rotatable bonds is 6. The van der Waals surface area contributed by atoms with E-state index in [4.69, 9.17) is 4.52 Å². The maximum absolute atomic E-state index is 12.0. The molecule has 0 aliphatic heterocycles.